The standard InChI is InChI=1S/C16H21N3O2S/c1-11(10-21-4)17-15(20)14-12(2)18-16(22-14)19(3)13-8-6-5-7-9-13/h5-9,11H,10H2,1-4H3,(H,17,20)/t11-/m1/s1. The molecule has 118 valence electrons. The number of methoxy groups -OCH3 is 1. The number of hydrogen-bond acceptors (Lipinski definition) is 5. The van der Waals surface area contributed by atoms with Gasteiger partial charge in [-0.3, -0.25) is 4.79 Å². The maximum Gasteiger partial charge on any atom is 0.263 e. The second kappa shape index (κ2) is 7.38. The van der Waals surface area contributed by atoms with E-state index in [0.29, 0.717) is 11.5 Å². The van der Waals surface area contributed by atoms with Gasteiger partial charge in [0.25, 0.3) is 5.91 Å². The van der Waals surface area contributed by atoms with Crippen molar-refractivity contribution in [1.29, 1.82) is 0 Å². The molecule has 0 bridgehead atoms. The number of rotatable bonds is 6. The number of anilines is 2. The number of nitrogens with zero attached hydrogens (tertiary/aromatic N) is 2. The summed E-state index contributed by atoms with van der Waals surface area (Å²) in [6.07, 6.45) is 0. The third-order valence-corrected chi connectivity index (χ3v) is 4.45. The van der Waals surface area contributed by atoms with Gasteiger partial charge in [0, 0.05) is 25.9 Å². The van der Waals surface area contributed by atoms with Crippen molar-refractivity contribution in [2.24, 2.45) is 0 Å². The lowest BCUT2D eigenvalue weighted by Gasteiger charge is -2.15. The van der Waals surface area contributed by atoms with Gasteiger partial charge >= 0.3 is 0 Å². The maximum absolute atomic E-state index is 12.3. The Kier molecular flexibility index (Phi) is 5.51. The second-order valence-electron chi connectivity index (χ2n) is 5.14. The molecular formula is C16H21N3O2S. The molecule has 5 nitrogen and oxygen atoms in total. The zero-order valence-electron chi connectivity index (χ0n) is 13.3. The predicted molar refractivity (Wildman–Crippen MR) is 90.2 cm³/mol. The second-order valence-corrected chi connectivity index (χ2v) is 6.11. The summed E-state index contributed by atoms with van der Waals surface area (Å²) in [7, 11) is 3.57. The quantitative estimate of drug-likeness (QED) is 0.889. The molecule has 1 heterocycles. The van der Waals surface area contributed by atoms with Crippen LogP contribution >= 0.6 is 11.3 Å². The predicted octanol–water partition coefficient (Wildman–Crippen LogP) is 2.98. The smallest absolute Gasteiger partial charge is 0.263 e. The van der Waals surface area contributed by atoms with Crippen LogP contribution in [0.25, 0.3) is 0 Å². The molecule has 0 fully saturated rings. The van der Waals surface area contributed by atoms with Gasteiger partial charge in [0.2, 0.25) is 0 Å². The number of thiazole rings is 1. The molecule has 0 spiro atoms. The highest BCUT2D eigenvalue weighted by Gasteiger charge is 2.19. The number of amides is 1. The number of benzene rings is 1. The van der Waals surface area contributed by atoms with Crippen molar-refractivity contribution in [2.75, 3.05) is 25.7 Å². The fourth-order valence-corrected chi connectivity index (χ4v) is 3.03. The van der Waals surface area contributed by atoms with Crippen molar-refractivity contribution < 1.29 is 9.53 Å². The monoisotopic (exact) mass is 319 g/mol. The third-order valence-electron chi connectivity index (χ3n) is 3.22. The first-order valence-electron chi connectivity index (χ1n) is 7.09. The number of aryl methyl sites for hydroxylation is 1. The molecule has 22 heavy (non-hydrogen) atoms. The van der Waals surface area contributed by atoms with Crippen molar-refractivity contribution in [3.05, 3.63) is 40.9 Å². The molecule has 1 atom stereocenters. The molecule has 0 aliphatic carbocycles. The van der Waals surface area contributed by atoms with Crippen LogP contribution in [-0.2, 0) is 4.74 Å². The minimum Gasteiger partial charge on any atom is -0.383 e. The van der Waals surface area contributed by atoms with Crippen molar-refractivity contribution in [1.82, 2.24) is 10.3 Å². The van der Waals surface area contributed by atoms with Crippen LogP contribution in [0.15, 0.2) is 30.3 Å². The van der Waals surface area contributed by atoms with Crippen LogP contribution in [0.4, 0.5) is 10.8 Å². The van der Waals surface area contributed by atoms with Gasteiger partial charge in [-0.2, -0.15) is 0 Å². The van der Waals surface area contributed by atoms with Crippen LogP contribution in [-0.4, -0.2) is 37.7 Å². The molecular weight excluding hydrogens is 298 g/mol. The first kappa shape index (κ1) is 16.5. The maximum atomic E-state index is 12.3. The Hall–Kier alpha value is -1.92. The topological polar surface area (TPSA) is 54.5 Å². The average molecular weight is 319 g/mol. The Balaban J connectivity index is 2.16. The zero-order chi connectivity index (χ0) is 16.1. The fraction of sp³-hybridized carbons (Fsp3) is 0.375. The number of carbonyl (C=O) groups is 1. The van der Waals surface area contributed by atoms with E-state index in [9.17, 15) is 4.79 Å². The van der Waals surface area contributed by atoms with Crippen LogP contribution in [0.1, 0.15) is 22.3 Å². The van der Waals surface area contributed by atoms with Gasteiger partial charge in [-0.05, 0) is 26.0 Å². The zero-order valence-corrected chi connectivity index (χ0v) is 14.1. The number of aromatic nitrogens is 1. The van der Waals surface area contributed by atoms with Gasteiger partial charge in [0.15, 0.2) is 5.13 Å². The number of hydrogen-bond donors (Lipinski definition) is 1. The fourth-order valence-electron chi connectivity index (χ4n) is 2.08. The number of ether oxygens (including phenoxy) is 1. The Bertz CT molecular complexity index is 628. The molecule has 1 aromatic heterocycles. The summed E-state index contributed by atoms with van der Waals surface area (Å²) >= 11 is 1.39. The summed E-state index contributed by atoms with van der Waals surface area (Å²) in [4.78, 5) is 19.4. The van der Waals surface area contributed by atoms with Crippen LogP contribution in [0.2, 0.25) is 0 Å². The summed E-state index contributed by atoms with van der Waals surface area (Å²) < 4.78 is 5.04. The molecule has 1 aromatic carbocycles. The Labute approximate surface area is 134 Å². The van der Waals surface area contributed by atoms with E-state index < -0.39 is 0 Å². The Morgan fingerprint density at radius 2 is 2.09 bits per heavy atom. The Morgan fingerprint density at radius 3 is 2.73 bits per heavy atom. The van der Waals surface area contributed by atoms with Crippen molar-refractivity contribution >= 4 is 28.1 Å². The van der Waals surface area contributed by atoms with Crippen LogP contribution in [0.3, 0.4) is 0 Å². The van der Waals surface area contributed by atoms with Crippen LogP contribution in [0, 0.1) is 6.92 Å². The molecule has 1 N–H and O–H groups in total. The van der Waals surface area contributed by atoms with Gasteiger partial charge in [0.05, 0.1) is 12.3 Å². The van der Waals surface area contributed by atoms with E-state index in [-0.39, 0.29) is 11.9 Å². The normalized spacial score (nSPS) is 12.0. The highest BCUT2D eigenvalue weighted by Crippen LogP contribution is 2.30. The summed E-state index contributed by atoms with van der Waals surface area (Å²) in [6, 6.07) is 9.92. The van der Waals surface area contributed by atoms with E-state index in [0.717, 1.165) is 16.5 Å². The summed E-state index contributed by atoms with van der Waals surface area (Å²) in [6.45, 7) is 4.25. The number of para-hydroxylation sites is 1. The summed E-state index contributed by atoms with van der Waals surface area (Å²) in [5.74, 6) is -0.104. The molecule has 2 aromatic rings. The first-order valence-corrected chi connectivity index (χ1v) is 7.90. The molecule has 0 aliphatic heterocycles. The van der Waals surface area contributed by atoms with Crippen LogP contribution in [0.5, 0.6) is 0 Å². The van der Waals surface area contributed by atoms with Crippen molar-refractivity contribution in [2.45, 2.75) is 19.9 Å². The lowest BCUT2D eigenvalue weighted by molar-refractivity contribution is 0.0909. The molecule has 0 unspecified atom stereocenters. The lowest BCUT2D eigenvalue weighted by atomic mass is 10.3. The minimum absolute atomic E-state index is 0.0331. The van der Waals surface area contributed by atoms with Gasteiger partial charge in [-0.25, -0.2) is 4.98 Å². The molecule has 0 radical (unpaired) electrons. The SMILES string of the molecule is COC[C@@H](C)NC(=O)c1sc(N(C)c2ccccc2)nc1C. The first-order chi connectivity index (χ1) is 10.5. The van der Waals surface area contributed by atoms with E-state index in [1.165, 1.54) is 11.3 Å². The molecule has 0 saturated heterocycles. The van der Waals surface area contributed by atoms with Gasteiger partial charge in [-0.1, -0.05) is 29.5 Å². The largest absolute Gasteiger partial charge is 0.383 e. The van der Waals surface area contributed by atoms with Crippen LogP contribution < -0.4 is 10.2 Å². The molecule has 2 rings (SSSR count). The molecule has 1 amide bonds. The Morgan fingerprint density at radius 1 is 1.41 bits per heavy atom. The van der Waals surface area contributed by atoms with E-state index in [4.69, 9.17) is 4.74 Å². The molecule has 0 saturated carbocycles. The number of carbonyl (C=O) groups excluding carboxylic acids is 1. The van der Waals surface area contributed by atoms with Gasteiger partial charge < -0.3 is 15.0 Å². The molecule has 0 aliphatic rings. The van der Waals surface area contributed by atoms with E-state index in [2.05, 4.69) is 10.3 Å². The van der Waals surface area contributed by atoms with E-state index >= 15 is 0 Å². The van der Waals surface area contributed by atoms with E-state index in [1.54, 1.807) is 7.11 Å². The highest BCUT2D eigenvalue weighted by molar-refractivity contribution is 7.17. The highest BCUT2D eigenvalue weighted by atomic mass is 32.1. The van der Waals surface area contributed by atoms with Crippen molar-refractivity contribution in [3.8, 4) is 0 Å². The molecule has 6 heteroatoms. The lowest BCUT2D eigenvalue weighted by Crippen LogP contribution is -2.35. The van der Waals surface area contributed by atoms with Crippen molar-refractivity contribution in [3.63, 3.8) is 0 Å². The van der Waals surface area contributed by atoms with E-state index in [1.807, 2.05) is 56.1 Å². The third kappa shape index (κ3) is 3.84. The number of nitrogens with one attached hydrogen (secondary N) is 1. The summed E-state index contributed by atoms with van der Waals surface area (Å²) in [5, 5.41) is 3.72. The van der Waals surface area contributed by atoms with Gasteiger partial charge in [-0.15, -0.1) is 0 Å². The average Bonchev–Trinajstić information content (AvgIpc) is 2.89. The van der Waals surface area contributed by atoms with Gasteiger partial charge in [0.1, 0.15) is 4.88 Å². The summed E-state index contributed by atoms with van der Waals surface area (Å²) in [5.41, 5.74) is 1.78. The minimum atomic E-state index is -0.104.